The first-order valence-corrected chi connectivity index (χ1v) is 6.89. The topological polar surface area (TPSA) is 49.3 Å². The number of rotatable bonds is 6. The fraction of sp³-hybridized carbons (Fsp3) is 0.235. The highest BCUT2D eigenvalue weighted by molar-refractivity contribution is 5.79. The molecule has 110 valence electrons. The van der Waals surface area contributed by atoms with Gasteiger partial charge in [0.05, 0.1) is 12.5 Å². The summed E-state index contributed by atoms with van der Waals surface area (Å²) in [6.45, 7) is -0.0282. The van der Waals surface area contributed by atoms with Gasteiger partial charge in [-0.05, 0) is 23.6 Å². The first-order valence-electron chi connectivity index (χ1n) is 6.89. The van der Waals surface area contributed by atoms with Gasteiger partial charge in [-0.15, -0.1) is 0 Å². The fourth-order valence-corrected chi connectivity index (χ4v) is 2.20. The molecule has 0 heterocycles. The molecule has 1 unspecified atom stereocenters. The third kappa shape index (κ3) is 4.39. The van der Waals surface area contributed by atoms with E-state index in [0.29, 0.717) is 12.0 Å². The summed E-state index contributed by atoms with van der Waals surface area (Å²) in [6, 6.07) is 15.4. The quantitative estimate of drug-likeness (QED) is 0.858. The van der Waals surface area contributed by atoms with E-state index < -0.39 is 0 Å². The summed E-state index contributed by atoms with van der Waals surface area (Å²) in [5.41, 5.74) is 1.29. The normalized spacial score (nSPS) is 11.9. The highest BCUT2D eigenvalue weighted by atomic mass is 19.1. The maximum absolute atomic E-state index is 13.5. The van der Waals surface area contributed by atoms with Gasteiger partial charge in [0.15, 0.2) is 0 Å². The molecule has 4 heteroatoms. The van der Waals surface area contributed by atoms with Crippen molar-refractivity contribution in [3.8, 4) is 0 Å². The molecule has 0 aromatic heterocycles. The molecule has 2 aromatic carbocycles. The van der Waals surface area contributed by atoms with E-state index in [9.17, 15) is 9.18 Å². The van der Waals surface area contributed by atoms with Crippen molar-refractivity contribution < 1.29 is 14.3 Å². The molecule has 2 rings (SSSR count). The van der Waals surface area contributed by atoms with Crippen LogP contribution in [0, 0.1) is 5.82 Å². The molecule has 0 saturated carbocycles. The van der Waals surface area contributed by atoms with E-state index in [4.69, 9.17) is 5.11 Å². The molecule has 1 atom stereocenters. The molecule has 21 heavy (non-hydrogen) atoms. The van der Waals surface area contributed by atoms with Crippen molar-refractivity contribution in [2.24, 2.45) is 0 Å². The molecule has 0 bridgehead atoms. The van der Waals surface area contributed by atoms with Crippen LogP contribution in [0.15, 0.2) is 54.6 Å². The van der Waals surface area contributed by atoms with E-state index in [0.717, 1.165) is 5.56 Å². The lowest BCUT2D eigenvalue weighted by molar-refractivity contribution is -0.121. The number of halogens is 1. The third-order valence-corrected chi connectivity index (χ3v) is 3.26. The van der Waals surface area contributed by atoms with Gasteiger partial charge in [0, 0.05) is 6.61 Å². The summed E-state index contributed by atoms with van der Waals surface area (Å²) in [6.07, 6.45) is 0.411. The van der Waals surface area contributed by atoms with Crippen molar-refractivity contribution in [1.82, 2.24) is 5.32 Å². The number of amides is 1. The first kappa shape index (κ1) is 15.2. The van der Waals surface area contributed by atoms with E-state index >= 15 is 0 Å². The highest BCUT2D eigenvalue weighted by Gasteiger charge is 2.15. The summed E-state index contributed by atoms with van der Waals surface area (Å²) in [4.78, 5) is 12.1. The molecule has 0 aliphatic heterocycles. The van der Waals surface area contributed by atoms with Gasteiger partial charge in [-0.2, -0.15) is 0 Å². The van der Waals surface area contributed by atoms with Crippen LogP contribution in [-0.4, -0.2) is 17.6 Å². The van der Waals surface area contributed by atoms with E-state index in [1.807, 2.05) is 30.3 Å². The number of carbonyl (C=O) groups is 1. The number of carbonyl (C=O) groups excluding carboxylic acids is 1. The van der Waals surface area contributed by atoms with Gasteiger partial charge >= 0.3 is 0 Å². The molecule has 0 saturated heterocycles. The molecule has 1 amide bonds. The number of hydrogen-bond acceptors (Lipinski definition) is 2. The van der Waals surface area contributed by atoms with Crippen LogP contribution in [0.1, 0.15) is 23.6 Å². The highest BCUT2D eigenvalue weighted by Crippen LogP contribution is 2.16. The monoisotopic (exact) mass is 287 g/mol. The first-order chi connectivity index (χ1) is 10.2. The van der Waals surface area contributed by atoms with Crippen LogP contribution in [0.3, 0.4) is 0 Å². The molecule has 0 fully saturated rings. The van der Waals surface area contributed by atoms with E-state index in [1.54, 1.807) is 18.2 Å². The van der Waals surface area contributed by atoms with Gasteiger partial charge in [0.2, 0.25) is 5.91 Å². The summed E-state index contributed by atoms with van der Waals surface area (Å²) in [5.74, 6) is -0.645. The van der Waals surface area contributed by atoms with Crippen molar-refractivity contribution in [3.05, 3.63) is 71.5 Å². The zero-order valence-electron chi connectivity index (χ0n) is 11.6. The largest absolute Gasteiger partial charge is 0.396 e. The second-order valence-electron chi connectivity index (χ2n) is 4.81. The van der Waals surface area contributed by atoms with Crippen LogP contribution in [0.5, 0.6) is 0 Å². The molecule has 0 aliphatic rings. The molecule has 3 nitrogen and oxygen atoms in total. The van der Waals surface area contributed by atoms with Gasteiger partial charge in [-0.3, -0.25) is 4.79 Å². The smallest absolute Gasteiger partial charge is 0.225 e. The maximum atomic E-state index is 13.5. The summed E-state index contributed by atoms with van der Waals surface area (Å²) in [5, 5.41) is 12.0. The van der Waals surface area contributed by atoms with Crippen molar-refractivity contribution in [1.29, 1.82) is 0 Å². The Kier molecular flexibility index (Phi) is 5.46. The van der Waals surface area contributed by atoms with Crippen LogP contribution in [0.4, 0.5) is 4.39 Å². The minimum absolute atomic E-state index is 0.0125. The predicted octanol–water partition coefficient (Wildman–Crippen LogP) is 2.61. The van der Waals surface area contributed by atoms with Gasteiger partial charge in [0.25, 0.3) is 0 Å². The Bertz CT molecular complexity index is 586. The van der Waals surface area contributed by atoms with Crippen LogP contribution in [-0.2, 0) is 11.2 Å². The number of benzene rings is 2. The van der Waals surface area contributed by atoms with Crippen LogP contribution >= 0.6 is 0 Å². The second-order valence-corrected chi connectivity index (χ2v) is 4.81. The number of aliphatic hydroxyl groups is 1. The summed E-state index contributed by atoms with van der Waals surface area (Å²) >= 11 is 0. The average molecular weight is 287 g/mol. The zero-order chi connectivity index (χ0) is 15.1. The number of hydrogen-bond donors (Lipinski definition) is 2. The van der Waals surface area contributed by atoms with Crippen molar-refractivity contribution in [3.63, 3.8) is 0 Å². The Labute approximate surface area is 123 Å². The lowest BCUT2D eigenvalue weighted by Crippen LogP contribution is -2.30. The Hall–Kier alpha value is -2.20. The maximum Gasteiger partial charge on any atom is 0.225 e. The predicted molar refractivity (Wildman–Crippen MR) is 79.1 cm³/mol. The Morgan fingerprint density at radius 1 is 1.10 bits per heavy atom. The van der Waals surface area contributed by atoms with Gasteiger partial charge in [0.1, 0.15) is 5.82 Å². The average Bonchev–Trinajstić information content (AvgIpc) is 2.50. The minimum atomic E-state index is -0.383. The standard InChI is InChI=1S/C17H18FNO2/c18-15-9-5-4-8-14(15)12-17(21)19-16(10-11-20)13-6-2-1-3-7-13/h1-9,16,20H,10-12H2,(H,19,21). The number of nitrogens with one attached hydrogen (secondary N) is 1. The molecular weight excluding hydrogens is 269 g/mol. The fourth-order valence-electron chi connectivity index (χ4n) is 2.20. The van der Waals surface area contributed by atoms with E-state index in [-0.39, 0.29) is 30.8 Å². The summed E-state index contributed by atoms with van der Waals surface area (Å²) < 4.78 is 13.5. The minimum Gasteiger partial charge on any atom is -0.396 e. The molecule has 0 spiro atoms. The van der Waals surface area contributed by atoms with Crippen LogP contribution < -0.4 is 5.32 Å². The van der Waals surface area contributed by atoms with Gasteiger partial charge < -0.3 is 10.4 Å². The van der Waals surface area contributed by atoms with Gasteiger partial charge in [-0.25, -0.2) is 4.39 Å². The summed E-state index contributed by atoms with van der Waals surface area (Å²) in [7, 11) is 0. The number of aliphatic hydroxyl groups excluding tert-OH is 1. The lowest BCUT2D eigenvalue weighted by Gasteiger charge is -2.18. The lowest BCUT2D eigenvalue weighted by atomic mass is 10.0. The van der Waals surface area contributed by atoms with Gasteiger partial charge in [-0.1, -0.05) is 48.5 Å². The zero-order valence-corrected chi connectivity index (χ0v) is 11.6. The Morgan fingerprint density at radius 3 is 2.43 bits per heavy atom. The molecule has 2 N–H and O–H groups in total. The molecule has 0 aliphatic carbocycles. The van der Waals surface area contributed by atoms with Crippen molar-refractivity contribution >= 4 is 5.91 Å². The third-order valence-electron chi connectivity index (χ3n) is 3.26. The molecule has 0 radical (unpaired) electrons. The second kappa shape index (κ2) is 7.55. The Morgan fingerprint density at radius 2 is 1.76 bits per heavy atom. The van der Waals surface area contributed by atoms with Crippen LogP contribution in [0.2, 0.25) is 0 Å². The van der Waals surface area contributed by atoms with Crippen molar-refractivity contribution in [2.75, 3.05) is 6.61 Å². The molecule has 2 aromatic rings. The van der Waals surface area contributed by atoms with E-state index in [1.165, 1.54) is 6.07 Å². The van der Waals surface area contributed by atoms with Crippen molar-refractivity contribution in [2.45, 2.75) is 18.9 Å². The van der Waals surface area contributed by atoms with E-state index in [2.05, 4.69) is 5.32 Å². The SMILES string of the molecule is O=C(Cc1ccccc1F)NC(CCO)c1ccccc1. The van der Waals surface area contributed by atoms with Crippen LogP contribution in [0.25, 0.3) is 0 Å². The molecular formula is C17H18FNO2. The Balaban J connectivity index is 2.04.